The van der Waals surface area contributed by atoms with Crippen LogP contribution in [0, 0.1) is 12.8 Å². The highest BCUT2D eigenvalue weighted by molar-refractivity contribution is 6.42. The topological polar surface area (TPSA) is 68.4 Å². The number of halogens is 2. The number of aryl methyl sites for hydroxylation is 1. The first kappa shape index (κ1) is 28.5. The highest BCUT2D eigenvalue weighted by atomic mass is 35.5. The quantitative estimate of drug-likeness (QED) is 0.209. The first-order chi connectivity index (χ1) is 18.7. The fourth-order valence-corrected chi connectivity index (χ4v) is 4.91. The van der Waals surface area contributed by atoms with E-state index in [1.807, 2.05) is 75.5 Å². The molecule has 0 aliphatic rings. The van der Waals surface area contributed by atoms with Crippen LogP contribution in [-0.2, 0) is 17.8 Å². The standard InChI is InChI=1S/C31H34Cl2N4O2/c1-21(2)18-37(31(39)35-25-8-6-7-22(3)15-25)20-30(38)36(19-23-11-12-27(32)28(33)16-23)14-13-24-17-34-29-10-5-4-9-26(24)29/h4-12,15-17,21,34H,13-14,18-20H2,1-3H3,(H,35,39). The lowest BCUT2D eigenvalue weighted by atomic mass is 10.1. The molecule has 0 saturated carbocycles. The van der Waals surface area contributed by atoms with E-state index in [0.29, 0.717) is 41.8 Å². The molecule has 6 nitrogen and oxygen atoms in total. The van der Waals surface area contributed by atoms with E-state index in [2.05, 4.69) is 16.4 Å². The number of aromatic nitrogens is 1. The summed E-state index contributed by atoms with van der Waals surface area (Å²) in [5.74, 6) is 0.0526. The molecule has 0 bridgehead atoms. The third kappa shape index (κ3) is 7.78. The van der Waals surface area contributed by atoms with E-state index >= 15 is 0 Å². The average Bonchev–Trinajstić information content (AvgIpc) is 3.31. The molecule has 204 valence electrons. The summed E-state index contributed by atoms with van der Waals surface area (Å²) in [6.45, 7) is 7.28. The van der Waals surface area contributed by atoms with Gasteiger partial charge in [0.1, 0.15) is 6.54 Å². The Bertz CT molecular complexity index is 1450. The second-order valence-corrected chi connectivity index (χ2v) is 11.1. The predicted octanol–water partition coefficient (Wildman–Crippen LogP) is 7.54. The zero-order chi connectivity index (χ0) is 27.9. The number of hydrogen-bond acceptors (Lipinski definition) is 2. The Morgan fingerprint density at radius 3 is 2.49 bits per heavy atom. The Balaban J connectivity index is 1.54. The molecule has 4 rings (SSSR count). The van der Waals surface area contributed by atoms with Gasteiger partial charge in [-0.05, 0) is 66.3 Å². The fraction of sp³-hybridized carbons (Fsp3) is 0.290. The number of benzene rings is 3. The maximum absolute atomic E-state index is 13.8. The summed E-state index contributed by atoms with van der Waals surface area (Å²) in [5, 5.41) is 5.00. The molecule has 1 aromatic heterocycles. The van der Waals surface area contributed by atoms with Crippen molar-refractivity contribution in [1.29, 1.82) is 0 Å². The summed E-state index contributed by atoms with van der Waals surface area (Å²) in [6, 6.07) is 20.8. The zero-order valence-electron chi connectivity index (χ0n) is 22.5. The van der Waals surface area contributed by atoms with Crippen molar-refractivity contribution in [1.82, 2.24) is 14.8 Å². The SMILES string of the molecule is Cc1cccc(NC(=O)N(CC(=O)N(CCc2c[nH]c3ccccc23)Cc2ccc(Cl)c(Cl)c2)CC(C)C)c1. The minimum absolute atomic E-state index is 0.0367. The molecule has 2 N–H and O–H groups in total. The summed E-state index contributed by atoms with van der Waals surface area (Å²) < 4.78 is 0. The Morgan fingerprint density at radius 2 is 1.74 bits per heavy atom. The number of aromatic amines is 1. The molecule has 3 amide bonds. The normalized spacial score (nSPS) is 11.1. The van der Waals surface area contributed by atoms with Gasteiger partial charge >= 0.3 is 6.03 Å². The molecule has 4 aromatic rings. The molecule has 0 aliphatic heterocycles. The Hall–Kier alpha value is -3.48. The van der Waals surface area contributed by atoms with Crippen molar-refractivity contribution in [3.63, 3.8) is 0 Å². The van der Waals surface area contributed by atoms with E-state index in [0.717, 1.165) is 27.6 Å². The molecule has 0 aliphatic carbocycles. The van der Waals surface area contributed by atoms with E-state index in [1.54, 1.807) is 21.9 Å². The fourth-order valence-electron chi connectivity index (χ4n) is 4.59. The summed E-state index contributed by atoms with van der Waals surface area (Å²) in [6.07, 6.45) is 2.66. The number of nitrogens with zero attached hydrogens (tertiary/aromatic N) is 2. The van der Waals surface area contributed by atoms with Gasteiger partial charge in [-0.1, -0.05) is 73.4 Å². The van der Waals surface area contributed by atoms with Gasteiger partial charge in [-0.3, -0.25) is 4.79 Å². The van der Waals surface area contributed by atoms with Crippen molar-refractivity contribution in [3.8, 4) is 0 Å². The van der Waals surface area contributed by atoms with Crippen molar-refractivity contribution in [2.45, 2.75) is 33.7 Å². The molecule has 0 unspecified atom stereocenters. The molecule has 0 saturated heterocycles. The van der Waals surface area contributed by atoms with Crippen LogP contribution in [0.5, 0.6) is 0 Å². The van der Waals surface area contributed by atoms with Gasteiger partial charge in [0.25, 0.3) is 0 Å². The number of carbonyl (C=O) groups is 2. The molecular formula is C31H34Cl2N4O2. The van der Waals surface area contributed by atoms with Gasteiger partial charge in [-0.2, -0.15) is 0 Å². The monoisotopic (exact) mass is 564 g/mol. The molecule has 8 heteroatoms. The van der Waals surface area contributed by atoms with Gasteiger partial charge < -0.3 is 20.1 Å². The number of nitrogens with one attached hydrogen (secondary N) is 2. The van der Waals surface area contributed by atoms with E-state index < -0.39 is 0 Å². The zero-order valence-corrected chi connectivity index (χ0v) is 24.0. The maximum Gasteiger partial charge on any atom is 0.322 e. The number of carbonyl (C=O) groups excluding carboxylic acids is 2. The molecule has 0 fully saturated rings. The number of hydrogen-bond donors (Lipinski definition) is 2. The smallest absolute Gasteiger partial charge is 0.322 e. The number of amides is 3. The molecule has 0 radical (unpaired) electrons. The lowest BCUT2D eigenvalue weighted by Crippen LogP contribution is -2.46. The third-order valence-corrected chi connectivity index (χ3v) is 7.24. The van der Waals surface area contributed by atoms with Gasteiger partial charge in [0.05, 0.1) is 10.0 Å². The first-order valence-electron chi connectivity index (χ1n) is 13.1. The molecule has 0 spiro atoms. The van der Waals surface area contributed by atoms with Crippen LogP contribution in [0.25, 0.3) is 10.9 Å². The van der Waals surface area contributed by atoms with E-state index in [4.69, 9.17) is 23.2 Å². The van der Waals surface area contributed by atoms with Crippen molar-refractivity contribution >= 4 is 51.7 Å². The van der Waals surface area contributed by atoms with Crippen molar-refractivity contribution in [2.24, 2.45) is 5.92 Å². The van der Waals surface area contributed by atoms with Crippen LogP contribution in [0.4, 0.5) is 10.5 Å². The summed E-state index contributed by atoms with van der Waals surface area (Å²) in [4.78, 5) is 33.7. The highest BCUT2D eigenvalue weighted by Crippen LogP contribution is 2.24. The summed E-state index contributed by atoms with van der Waals surface area (Å²) in [5.41, 5.74) is 4.81. The molecule has 1 heterocycles. The van der Waals surface area contributed by atoms with Gasteiger partial charge in [0.2, 0.25) is 5.91 Å². The van der Waals surface area contributed by atoms with Gasteiger partial charge in [0, 0.05) is 42.4 Å². The first-order valence-corrected chi connectivity index (χ1v) is 13.8. The van der Waals surface area contributed by atoms with Crippen LogP contribution in [0.1, 0.15) is 30.5 Å². The number of fused-ring (bicyclic) bond motifs is 1. The van der Waals surface area contributed by atoms with Crippen LogP contribution in [0.3, 0.4) is 0 Å². The summed E-state index contributed by atoms with van der Waals surface area (Å²) >= 11 is 12.4. The molecule has 3 aromatic carbocycles. The van der Waals surface area contributed by atoms with Gasteiger partial charge in [-0.15, -0.1) is 0 Å². The summed E-state index contributed by atoms with van der Waals surface area (Å²) in [7, 11) is 0. The maximum atomic E-state index is 13.8. The molecular weight excluding hydrogens is 531 g/mol. The lowest BCUT2D eigenvalue weighted by molar-refractivity contribution is -0.132. The van der Waals surface area contributed by atoms with Crippen LogP contribution in [0.2, 0.25) is 10.0 Å². The Morgan fingerprint density at radius 1 is 0.949 bits per heavy atom. The number of H-pyrrole nitrogens is 1. The number of urea groups is 1. The number of para-hydroxylation sites is 1. The van der Waals surface area contributed by atoms with Gasteiger partial charge in [0.15, 0.2) is 0 Å². The largest absolute Gasteiger partial charge is 0.361 e. The third-order valence-electron chi connectivity index (χ3n) is 6.50. The van der Waals surface area contributed by atoms with Crippen LogP contribution < -0.4 is 5.32 Å². The number of anilines is 1. The Labute approximate surface area is 239 Å². The minimum atomic E-state index is -0.297. The lowest BCUT2D eigenvalue weighted by Gasteiger charge is -2.29. The van der Waals surface area contributed by atoms with E-state index in [-0.39, 0.29) is 24.4 Å². The van der Waals surface area contributed by atoms with Crippen molar-refractivity contribution in [2.75, 3.05) is 25.0 Å². The second-order valence-electron chi connectivity index (χ2n) is 10.2. The van der Waals surface area contributed by atoms with Crippen LogP contribution in [0.15, 0.2) is 72.9 Å². The van der Waals surface area contributed by atoms with Crippen LogP contribution >= 0.6 is 23.2 Å². The minimum Gasteiger partial charge on any atom is -0.361 e. The van der Waals surface area contributed by atoms with Gasteiger partial charge in [-0.25, -0.2) is 4.79 Å². The van der Waals surface area contributed by atoms with Crippen molar-refractivity contribution in [3.05, 3.63) is 99.7 Å². The highest BCUT2D eigenvalue weighted by Gasteiger charge is 2.23. The average molecular weight is 566 g/mol. The molecule has 0 atom stereocenters. The van der Waals surface area contributed by atoms with E-state index in [1.165, 1.54) is 0 Å². The predicted molar refractivity (Wildman–Crippen MR) is 160 cm³/mol. The van der Waals surface area contributed by atoms with Crippen molar-refractivity contribution < 1.29 is 9.59 Å². The Kier molecular flexibility index (Phi) is 9.54. The van der Waals surface area contributed by atoms with Crippen LogP contribution in [-0.4, -0.2) is 46.4 Å². The van der Waals surface area contributed by atoms with E-state index in [9.17, 15) is 9.59 Å². The number of rotatable bonds is 10. The molecule has 39 heavy (non-hydrogen) atoms. The second kappa shape index (κ2) is 13.0.